The van der Waals surface area contributed by atoms with Crippen LogP contribution in [0, 0.1) is 5.82 Å². The van der Waals surface area contributed by atoms with Crippen molar-refractivity contribution in [2.24, 2.45) is 0 Å². The summed E-state index contributed by atoms with van der Waals surface area (Å²) in [6.07, 6.45) is 1.89. The van der Waals surface area contributed by atoms with Gasteiger partial charge in [-0.05, 0) is 48.3 Å². The molecule has 1 aliphatic rings. The molecule has 0 fully saturated rings. The van der Waals surface area contributed by atoms with Crippen LogP contribution >= 0.6 is 0 Å². The minimum absolute atomic E-state index is 0.132. The second-order valence-corrected chi connectivity index (χ2v) is 6.06. The molecule has 0 bridgehead atoms. The fourth-order valence-corrected chi connectivity index (χ4v) is 3.24. The molecule has 2 aromatic rings. The Balaban J connectivity index is 2.13. The van der Waals surface area contributed by atoms with Gasteiger partial charge in [0, 0.05) is 11.5 Å². The predicted molar refractivity (Wildman–Crippen MR) is 94.9 cm³/mol. The van der Waals surface area contributed by atoms with Gasteiger partial charge in [-0.2, -0.15) is 0 Å². The molecule has 0 saturated heterocycles. The fraction of sp³-hybridized carbons (Fsp3) is 0.150. The maximum Gasteiger partial charge on any atom is 0.796 e. The third-order valence-corrected chi connectivity index (χ3v) is 4.36. The van der Waals surface area contributed by atoms with Crippen LogP contribution in [0.1, 0.15) is 30.4 Å². The van der Waals surface area contributed by atoms with Gasteiger partial charge in [0.25, 0.3) is 0 Å². The Morgan fingerprint density at radius 3 is 2.31 bits per heavy atom. The summed E-state index contributed by atoms with van der Waals surface area (Å²) in [5.41, 5.74) is 2.47. The number of carbonyl (C=O) groups excluding carboxylic acids is 1. The molecule has 2 nitrogen and oxygen atoms in total. The first-order valence-corrected chi connectivity index (χ1v) is 8.17. The van der Waals surface area contributed by atoms with E-state index in [2.05, 4.69) is 4.65 Å². The molecule has 0 radical (unpaired) electrons. The summed E-state index contributed by atoms with van der Waals surface area (Å²) in [6.45, 7) is 1.34. The van der Waals surface area contributed by atoms with E-state index in [1.54, 1.807) is 12.1 Å². The molecule has 1 aliphatic carbocycles. The molecule has 0 heterocycles. The Morgan fingerprint density at radius 2 is 1.73 bits per heavy atom. The van der Waals surface area contributed by atoms with Crippen LogP contribution in [0.25, 0.3) is 5.57 Å². The Kier molecular flexibility index (Phi) is 5.31. The van der Waals surface area contributed by atoms with Crippen LogP contribution in [0.15, 0.2) is 72.0 Å². The van der Waals surface area contributed by atoms with Gasteiger partial charge in [-0.3, -0.25) is 4.79 Å². The molecule has 0 aromatic heterocycles. The minimum atomic E-state index is -3.04. The second kappa shape index (κ2) is 7.64. The third-order valence-electron chi connectivity index (χ3n) is 4.36. The van der Waals surface area contributed by atoms with Crippen molar-refractivity contribution in [3.63, 3.8) is 0 Å². The van der Waals surface area contributed by atoms with Crippen molar-refractivity contribution in [1.82, 2.24) is 0 Å². The quantitative estimate of drug-likeness (QED) is 0.690. The van der Waals surface area contributed by atoms with E-state index in [1.165, 1.54) is 25.1 Å². The smallest absolute Gasteiger partial charge is 0.505 e. The van der Waals surface area contributed by atoms with Crippen LogP contribution in [-0.2, 0) is 9.45 Å². The highest BCUT2D eigenvalue weighted by molar-refractivity contribution is 6.35. The molecule has 132 valence electrons. The van der Waals surface area contributed by atoms with Crippen LogP contribution < -0.4 is 0 Å². The van der Waals surface area contributed by atoms with Gasteiger partial charge in [0.05, 0.1) is 0 Å². The molecule has 1 atom stereocenters. The van der Waals surface area contributed by atoms with E-state index in [0.29, 0.717) is 17.6 Å². The van der Waals surface area contributed by atoms with Gasteiger partial charge in [0.15, 0.2) is 5.78 Å². The lowest BCUT2D eigenvalue weighted by Gasteiger charge is -2.27. The number of rotatable bonds is 5. The van der Waals surface area contributed by atoms with E-state index < -0.39 is 13.4 Å². The zero-order valence-electron chi connectivity index (χ0n) is 14.1. The lowest BCUT2D eigenvalue weighted by atomic mass is 9.78. The normalized spacial score (nSPS) is 16.9. The molecule has 0 N–H and O–H groups in total. The highest BCUT2D eigenvalue weighted by Gasteiger charge is 2.32. The molecule has 0 aliphatic heterocycles. The van der Waals surface area contributed by atoms with Crippen molar-refractivity contribution >= 4 is 18.8 Å². The lowest BCUT2D eigenvalue weighted by molar-refractivity contribution is -0.114. The van der Waals surface area contributed by atoms with Crippen LogP contribution in [0.4, 0.5) is 13.0 Å². The van der Waals surface area contributed by atoms with E-state index >= 15 is 0 Å². The average Bonchev–Trinajstić information content (AvgIpc) is 2.61. The predicted octanol–water partition coefficient (Wildman–Crippen LogP) is 5.18. The summed E-state index contributed by atoms with van der Waals surface area (Å²) in [5, 5.41) is 0. The topological polar surface area (TPSA) is 26.3 Å². The first-order valence-electron chi connectivity index (χ1n) is 8.17. The molecule has 0 saturated carbocycles. The molecular formula is C20H16BF3O2. The lowest BCUT2D eigenvalue weighted by Crippen LogP contribution is -2.19. The Hall–Kier alpha value is -2.76. The van der Waals surface area contributed by atoms with E-state index in [1.807, 2.05) is 30.3 Å². The van der Waals surface area contributed by atoms with Gasteiger partial charge in [0.2, 0.25) is 0 Å². The van der Waals surface area contributed by atoms with Crippen LogP contribution in [-0.4, -0.2) is 13.3 Å². The first kappa shape index (κ1) is 18.0. The minimum Gasteiger partial charge on any atom is -0.505 e. The highest BCUT2D eigenvalue weighted by Crippen LogP contribution is 2.41. The first-order chi connectivity index (χ1) is 12.5. The van der Waals surface area contributed by atoms with Gasteiger partial charge in [0.1, 0.15) is 11.6 Å². The van der Waals surface area contributed by atoms with Crippen molar-refractivity contribution in [3.05, 3.63) is 88.9 Å². The number of hydrogen-bond donors (Lipinski definition) is 0. The van der Waals surface area contributed by atoms with E-state index in [-0.39, 0.29) is 22.9 Å². The number of allylic oxidation sites excluding steroid dienone is 3. The van der Waals surface area contributed by atoms with Crippen molar-refractivity contribution in [2.45, 2.75) is 19.3 Å². The van der Waals surface area contributed by atoms with Gasteiger partial charge in [-0.25, -0.2) is 13.0 Å². The molecule has 6 heteroatoms. The van der Waals surface area contributed by atoms with Crippen molar-refractivity contribution < 1.29 is 22.5 Å². The van der Waals surface area contributed by atoms with Crippen molar-refractivity contribution in [3.8, 4) is 0 Å². The van der Waals surface area contributed by atoms with E-state index in [0.717, 1.165) is 5.56 Å². The zero-order valence-corrected chi connectivity index (χ0v) is 14.1. The Bertz CT molecular complexity index is 858. The summed E-state index contributed by atoms with van der Waals surface area (Å²) in [6, 6.07) is 15.0. The third kappa shape index (κ3) is 3.90. The number of halogens is 3. The van der Waals surface area contributed by atoms with E-state index in [9.17, 15) is 17.8 Å². The van der Waals surface area contributed by atoms with Crippen molar-refractivity contribution in [1.29, 1.82) is 0 Å². The average molecular weight is 356 g/mol. The summed E-state index contributed by atoms with van der Waals surface area (Å²) in [7, 11) is -3.04. The summed E-state index contributed by atoms with van der Waals surface area (Å²) in [5.74, 6) is -1.24. The van der Waals surface area contributed by atoms with Gasteiger partial charge in [-0.1, -0.05) is 42.5 Å². The molecule has 1 unspecified atom stereocenters. The van der Waals surface area contributed by atoms with E-state index in [4.69, 9.17) is 0 Å². The maximum atomic E-state index is 13.2. The SMILES string of the molecule is CC(=O)C1=C(OB(F)F)C=C(c2ccc(F)cc2)CC1c1ccccc1. The van der Waals surface area contributed by atoms with Gasteiger partial charge in [-0.15, -0.1) is 0 Å². The van der Waals surface area contributed by atoms with Gasteiger partial charge >= 0.3 is 7.47 Å². The summed E-state index contributed by atoms with van der Waals surface area (Å²) in [4.78, 5) is 12.2. The molecule has 0 spiro atoms. The largest absolute Gasteiger partial charge is 0.796 e. The van der Waals surface area contributed by atoms with Crippen LogP contribution in [0.3, 0.4) is 0 Å². The molecule has 26 heavy (non-hydrogen) atoms. The Morgan fingerprint density at radius 1 is 1.08 bits per heavy atom. The molecular weight excluding hydrogens is 340 g/mol. The molecule has 2 aromatic carbocycles. The monoisotopic (exact) mass is 356 g/mol. The summed E-state index contributed by atoms with van der Waals surface area (Å²) < 4.78 is 43.7. The number of hydrogen-bond acceptors (Lipinski definition) is 2. The fourth-order valence-electron chi connectivity index (χ4n) is 3.24. The maximum absolute atomic E-state index is 13.2. The number of Topliss-reactive ketones (excluding diaryl/α,β-unsaturated/α-hetero) is 1. The number of ketones is 1. The Labute approximate surface area is 150 Å². The van der Waals surface area contributed by atoms with Crippen molar-refractivity contribution in [2.75, 3.05) is 0 Å². The number of carbonyl (C=O) groups is 1. The zero-order chi connectivity index (χ0) is 18.7. The summed E-state index contributed by atoms with van der Waals surface area (Å²) >= 11 is 0. The van der Waals surface area contributed by atoms with Gasteiger partial charge < -0.3 is 4.65 Å². The standard InChI is InChI=1S/C20H16BF3O2/c1-13(25)20-18(15-5-3-2-4-6-15)11-16(12-19(20)26-21(23)24)14-7-9-17(22)10-8-14/h2-10,12,18H,11H2,1H3. The van der Waals surface area contributed by atoms with Crippen LogP contribution in [0.2, 0.25) is 0 Å². The van der Waals surface area contributed by atoms with Crippen LogP contribution in [0.5, 0.6) is 0 Å². The second-order valence-electron chi connectivity index (χ2n) is 6.06. The highest BCUT2D eigenvalue weighted by atomic mass is 19.2. The molecule has 3 rings (SSSR count). The molecule has 0 amide bonds. The number of benzene rings is 2.